The van der Waals surface area contributed by atoms with E-state index in [0.717, 1.165) is 49.4 Å². The topological polar surface area (TPSA) is 32.7 Å². The minimum atomic E-state index is 0.208. The zero-order valence-electron chi connectivity index (χ0n) is 15.0. The first-order valence-electron chi connectivity index (χ1n) is 9.05. The van der Waals surface area contributed by atoms with E-state index in [0.29, 0.717) is 11.6 Å². The summed E-state index contributed by atoms with van der Waals surface area (Å²) < 4.78 is 6.03. The molecule has 1 N–H and O–H groups in total. The van der Waals surface area contributed by atoms with E-state index in [-0.39, 0.29) is 6.61 Å². The Balaban J connectivity index is 1.92. The third-order valence-electron chi connectivity index (χ3n) is 4.15. The average Bonchev–Trinajstić information content (AvgIpc) is 2.64. The number of nitrogens with zero attached hydrogens (tertiary/aromatic N) is 1. The molecule has 0 heterocycles. The van der Waals surface area contributed by atoms with Crippen LogP contribution in [0.15, 0.2) is 48.5 Å². The summed E-state index contributed by atoms with van der Waals surface area (Å²) in [5.74, 6) is 0.859. The quantitative estimate of drug-likeness (QED) is 0.579. The van der Waals surface area contributed by atoms with Crippen molar-refractivity contribution in [3.8, 4) is 16.9 Å². The van der Waals surface area contributed by atoms with Crippen molar-refractivity contribution >= 4 is 11.6 Å². The molecule has 136 valence electrons. The van der Waals surface area contributed by atoms with Crippen molar-refractivity contribution in [3.05, 3.63) is 53.6 Å². The first-order valence-corrected chi connectivity index (χ1v) is 9.43. The van der Waals surface area contributed by atoms with E-state index >= 15 is 0 Å². The molecule has 0 aliphatic heterocycles. The van der Waals surface area contributed by atoms with Gasteiger partial charge in [-0.2, -0.15) is 0 Å². The van der Waals surface area contributed by atoms with Crippen LogP contribution in [0.25, 0.3) is 11.1 Å². The lowest BCUT2D eigenvalue weighted by Gasteiger charge is -2.21. The van der Waals surface area contributed by atoms with Crippen LogP contribution >= 0.6 is 11.6 Å². The second kappa shape index (κ2) is 11.1. The molecule has 2 aromatic carbocycles. The van der Waals surface area contributed by atoms with E-state index in [1.165, 1.54) is 6.42 Å². The van der Waals surface area contributed by atoms with Gasteiger partial charge in [0.05, 0.1) is 13.2 Å². The van der Waals surface area contributed by atoms with Crippen LogP contribution in [0.2, 0.25) is 5.02 Å². The number of aliphatic hydroxyl groups is 1. The number of hydrogen-bond acceptors (Lipinski definition) is 3. The molecular weight excluding hydrogens is 334 g/mol. The molecule has 0 spiro atoms. The molecule has 0 amide bonds. The fraction of sp³-hybridized carbons (Fsp3) is 0.429. The molecule has 2 aromatic rings. The minimum absolute atomic E-state index is 0.208. The molecule has 0 saturated carbocycles. The summed E-state index contributed by atoms with van der Waals surface area (Å²) >= 11 is 6.17. The number of rotatable bonds is 11. The Hall–Kier alpha value is -1.55. The molecule has 0 saturated heterocycles. The summed E-state index contributed by atoms with van der Waals surface area (Å²) in [7, 11) is 0. The number of halogens is 1. The lowest BCUT2D eigenvalue weighted by atomic mass is 10.0. The molecule has 0 atom stereocenters. The summed E-state index contributed by atoms with van der Waals surface area (Å²) in [6, 6.07) is 15.9. The van der Waals surface area contributed by atoms with Gasteiger partial charge in [-0.05, 0) is 43.1 Å². The average molecular weight is 362 g/mol. The molecule has 0 aliphatic rings. The lowest BCUT2D eigenvalue weighted by Crippen LogP contribution is -2.30. The van der Waals surface area contributed by atoms with Gasteiger partial charge in [-0.1, -0.05) is 55.3 Å². The Morgan fingerprint density at radius 3 is 2.48 bits per heavy atom. The van der Waals surface area contributed by atoms with Gasteiger partial charge in [-0.15, -0.1) is 0 Å². The van der Waals surface area contributed by atoms with Gasteiger partial charge >= 0.3 is 0 Å². The van der Waals surface area contributed by atoms with Crippen molar-refractivity contribution in [1.82, 2.24) is 4.90 Å². The number of aliphatic hydroxyl groups excluding tert-OH is 1. The number of benzene rings is 2. The van der Waals surface area contributed by atoms with Crippen LogP contribution in [-0.4, -0.2) is 42.9 Å². The molecule has 2 rings (SSSR count). The molecule has 0 unspecified atom stereocenters. The van der Waals surface area contributed by atoms with Crippen LogP contribution in [0, 0.1) is 0 Å². The second-order valence-electron chi connectivity index (χ2n) is 6.13. The largest absolute Gasteiger partial charge is 0.493 e. The van der Waals surface area contributed by atoms with Gasteiger partial charge in [0.15, 0.2) is 0 Å². The van der Waals surface area contributed by atoms with Gasteiger partial charge in [0.25, 0.3) is 0 Å². The van der Waals surface area contributed by atoms with Crippen LogP contribution < -0.4 is 4.74 Å². The third-order valence-corrected chi connectivity index (χ3v) is 4.38. The molecule has 0 fully saturated rings. The normalized spacial score (nSPS) is 11.0. The van der Waals surface area contributed by atoms with Crippen molar-refractivity contribution < 1.29 is 9.84 Å². The molecular formula is C21H28ClNO2. The van der Waals surface area contributed by atoms with E-state index in [2.05, 4.69) is 24.0 Å². The standard InChI is InChI=1S/C21H28ClNO2/c1-2-3-12-23(14-15-24)13-7-16-25-21-11-10-19(22)17-20(21)18-8-5-4-6-9-18/h4-6,8-11,17,24H,2-3,7,12-16H2,1H3. The molecule has 25 heavy (non-hydrogen) atoms. The van der Waals surface area contributed by atoms with Crippen LogP contribution in [0.3, 0.4) is 0 Å². The van der Waals surface area contributed by atoms with Crippen molar-refractivity contribution in [2.45, 2.75) is 26.2 Å². The number of unbranched alkanes of at least 4 members (excludes halogenated alkanes) is 1. The maximum absolute atomic E-state index is 9.17. The van der Waals surface area contributed by atoms with Gasteiger partial charge in [0.1, 0.15) is 5.75 Å². The van der Waals surface area contributed by atoms with Crippen molar-refractivity contribution in [2.24, 2.45) is 0 Å². The highest BCUT2D eigenvalue weighted by Crippen LogP contribution is 2.32. The summed E-state index contributed by atoms with van der Waals surface area (Å²) in [4.78, 5) is 2.30. The first kappa shape index (κ1) is 19.8. The Morgan fingerprint density at radius 1 is 1.00 bits per heavy atom. The fourth-order valence-electron chi connectivity index (χ4n) is 2.80. The molecule has 0 bridgehead atoms. The van der Waals surface area contributed by atoms with Crippen molar-refractivity contribution in [2.75, 3.05) is 32.8 Å². The third kappa shape index (κ3) is 6.69. The van der Waals surface area contributed by atoms with E-state index in [1.54, 1.807) is 0 Å². The highest BCUT2D eigenvalue weighted by molar-refractivity contribution is 6.31. The Labute approximate surface area is 156 Å². The number of hydrogen-bond donors (Lipinski definition) is 1. The van der Waals surface area contributed by atoms with Gasteiger partial charge in [-0.3, -0.25) is 0 Å². The molecule has 0 aromatic heterocycles. The zero-order chi connectivity index (χ0) is 17.9. The summed E-state index contributed by atoms with van der Waals surface area (Å²) in [6.07, 6.45) is 3.26. The van der Waals surface area contributed by atoms with Crippen LogP contribution in [0.5, 0.6) is 5.75 Å². The van der Waals surface area contributed by atoms with Gasteiger partial charge in [0, 0.05) is 23.7 Å². The Kier molecular flexibility index (Phi) is 8.81. The summed E-state index contributed by atoms with van der Waals surface area (Å²) in [6.45, 7) is 5.75. The molecule has 4 heteroatoms. The molecule has 0 aliphatic carbocycles. The maximum atomic E-state index is 9.17. The second-order valence-corrected chi connectivity index (χ2v) is 6.56. The predicted octanol–water partition coefficient (Wildman–Crippen LogP) is 4.87. The van der Waals surface area contributed by atoms with Gasteiger partial charge in [-0.25, -0.2) is 0 Å². The molecule has 3 nitrogen and oxygen atoms in total. The summed E-state index contributed by atoms with van der Waals surface area (Å²) in [5, 5.41) is 9.88. The Bertz CT molecular complexity index is 619. The minimum Gasteiger partial charge on any atom is -0.493 e. The van der Waals surface area contributed by atoms with Crippen LogP contribution in [0.4, 0.5) is 0 Å². The van der Waals surface area contributed by atoms with Crippen molar-refractivity contribution in [1.29, 1.82) is 0 Å². The van der Waals surface area contributed by atoms with E-state index in [1.807, 2.05) is 36.4 Å². The zero-order valence-corrected chi connectivity index (χ0v) is 15.7. The van der Waals surface area contributed by atoms with Gasteiger partial charge < -0.3 is 14.7 Å². The van der Waals surface area contributed by atoms with Crippen LogP contribution in [-0.2, 0) is 0 Å². The highest BCUT2D eigenvalue weighted by atomic mass is 35.5. The highest BCUT2D eigenvalue weighted by Gasteiger charge is 2.08. The Morgan fingerprint density at radius 2 is 1.76 bits per heavy atom. The monoisotopic (exact) mass is 361 g/mol. The number of ether oxygens (including phenoxy) is 1. The van der Waals surface area contributed by atoms with E-state index in [9.17, 15) is 5.11 Å². The SMILES string of the molecule is CCCCN(CCO)CCCOc1ccc(Cl)cc1-c1ccccc1. The van der Waals surface area contributed by atoms with Gasteiger partial charge in [0.2, 0.25) is 0 Å². The van der Waals surface area contributed by atoms with E-state index < -0.39 is 0 Å². The molecule has 0 radical (unpaired) electrons. The maximum Gasteiger partial charge on any atom is 0.127 e. The first-order chi connectivity index (χ1) is 12.2. The smallest absolute Gasteiger partial charge is 0.127 e. The lowest BCUT2D eigenvalue weighted by molar-refractivity contribution is 0.181. The fourth-order valence-corrected chi connectivity index (χ4v) is 2.97. The summed E-state index contributed by atoms with van der Waals surface area (Å²) in [5.41, 5.74) is 2.12. The van der Waals surface area contributed by atoms with E-state index in [4.69, 9.17) is 16.3 Å². The van der Waals surface area contributed by atoms with Crippen molar-refractivity contribution in [3.63, 3.8) is 0 Å². The predicted molar refractivity (Wildman–Crippen MR) is 105 cm³/mol. The van der Waals surface area contributed by atoms with Crippen LogP contribution in [0.1, 0.15) is 26.2 Å².